The Morgan fingerprint density at radius 2 is 2.00 bits per heavy atom. The first-order chi connectivity index (χ1) is 16.3. The van der Waals surface area contributed by atoms with Crippen molar-refractivity contribution in [2.24, 2.45) is 5.41 Å². The Morgan fingerprint density at radius 1 is 1.21 bits per heavy atom. The average Bonchev–Trinajstić information content (AvgIpc) is 3.60. The number of benzene rings is 1. The highest BCUT2D eigenvalue weighted by molar-refractivity contribution is 6.42. The molecule has 4 fully saturated rings. The van der Waals surface area contributed by atoms with Crippen LogP contribution in [0.5, 0.6) is 0 Å². The second-order valence-electron chi connectivity index (χ2n) is 10.2. The molecule has 186 valence electrons. The zero-order chi connectivity index (χ0) is 24.0. The Hall–Kier alpha value is -1.58. The minimum Gasteiger partial charge on any atom is -0.391 e. The number of hydrogen-bond donors (Lipinski definition) is 2. The molecule has 1 aliphatic carbocycles. The summed E-state index contributed by atoms with van der Waals surface area (Å²) in [4.78, 5) is 32.2. The number of aliphatic hydroxyl groups is 1. The van der Waals surface area contributed by atoms with Crippen LogP contribution in [0.15, 0.2) is 18.2 Å². The van der Waals surface area contributed by atoms with Gasteiger partial charge in [0.15, 0.2) is 0 Å². The highest BCUT2D eigenvalue weighted by Gasteiger charge is 2.51. The van der Waals surface area contributed by atoms with Gasteiger partial charge in [0.05, 0.1) is 41.4 Å². The summed E-state index contributed by atoms with van der Waals surface area (Å²) in [7, 11) is 0. The minimum atomic E-state index is -0.578. The number of nitrogens with zero attached hydrogens (tertiary/aromatic N) is 3. The van der Waals surface area contributed by atoms with Crippen molar-refractivity contribution >= 4 is 40.8 Å². The Bertz CT molecular complexity index is 959. The van der Waals surface area contributed by atoms with Crippen molar-refractivity contribution in [3.8, 4) is 0 Å². The maximum absolute atomic E-state index is 13.4. The molecule has 3 amide bonds. The maximum atomic E-state index is 13.4. The van der Waals surface area contributed by atoms with Gasteiger partial charge >= 0.3 is 6.03 Å². The lowest BCUT2D eigenvalue weighted by molar-refractivity contribution is -0.159. The predicted octanol–water partition coefficient (Wildman–Crippen LogP) is 3.06. The number of piperazine rings is 1. The van der Waals surface area contributed by atoms with Gasteiger partial charge in [0.2, 0.25) is 5.91 Å². The number of rotatable bonds is 4. The number of hydrogen-bond acceptors (Lipinski definition) is 5. The molecule has 4 aliphatic rings. The molecule has 0 aromatic heterocycles. The SMILES string of the molecule is C[C@H]1C(=O)N2C(COC[C@@H]2CCN2CCC3(CC3)[C@H](O)C2)CN1C(=O)Nc1ccc(Cl)c(Cl)c1. The molecular formula is C24H32Cl2N4O4. The quantitative estimate of drug-likeness (QED) is 0.649. The normalized spacial score (nSPS) is 30.9. The maximum Gasteiger partial charge on any atom is 0.322 e. The van der Waals surface area contributed by atoms with Gasteiger partial charge in [0.1, 0.15) is 6.04 Å². The van der Waals surface area contributed by atoms with E-state index in [4.69, 9.17) is 27.9 Å². The lowest BCUT2D eigenvalue weighted by atomic mass is 9.90. The number of morpholine rings is 1. The second kappa shape index (κ2) is 9.47. The largest absolute Gasteiger partial charge is 0.391 e. The van der Waals surface area contributed by atoms with Crippen LogP contribution in [-0.2, 0) is 9.53 Å². The van der Waals surface area contributed by atoms with Crippen molar-refractivity contribution in [2.45, 2.75) is 56.8 Å². The van der Waals surface area contributed by atoms with E-state index >= 15 is 0 Å². The van der Waals surface area contributed by atoms with Crippen LogP contribution >= 0.6 is 23.2 Å². The molecule has 3 saturated heterocycles. The average molecular weight is 511 g/mol. The number of ether oxygens (including phenoxy) is 1. The van der Waals surface area contributed by atoms with E-state index in [1.807, 2.05) is 4.90 Å². The van der Waals surface area contributed by atoms with Gasteiger partial charge in [0, 0.05) is 25.3 Å². The molecule has 34 heavy (non-hydrogen) atoms. The molecule has 0 radical (unpaired) electrons. The number of nitrogens with one attached hydrogen (secondary N) is 1. The zero-order valence-corrected chi connectivity index (χ0v) is 20.9. The van der Waals surface area contributed by atoms with E-state index in [2.05, 4.69) is 10.2 Å². The number of carbonyl (C=O) groups excluding carboxylic acids is 2. The second-order valence-corrected chi connectivity index (χ2v) is 11.0. The number of amides is 3. The molecule has 8 nitrogen and oxygen atoms in total. The molecular weight excluding hydrogens is 479 g/mol. The number of β-amino-alcohol motifs (C(OH)–C–C–N with tert-alkyl or cyclic N) is 1. The van der Waals surface area contributed by atoms with Crippen LogP contribution in [0.25, 0.3) is 0 Å². The van der Waals surface area contributed by atoms with Crippen LogP contribution in [0.2, 0.25) is 10.0 Å². The molecule has 10 heteroatoms. The Balaban J connectivity index is 1.20. The fraction of sp³-hybridized carbons (Fsp3) is 0.667. The van der Waals surface area contributed by atoms with Crippen molar-refractivity contribution in [3.63, 3.8) is 0 Å². The summed E-state index contributed by atoms with van der Waals surface area (Å²) in [5.74, 6) is -0.0514. The molecule has 3 heterocycles. The van der Waals surface area contributed by atoms with Gasteiger partial charge in [-0.2, -0.15) is 0 Å². The smallest absolute Gasteiger partial charge is 0.322 e. The first-order valence-electron chi connectivity index (χ1n) is 12.1. The Labute approximate surface area is 210 Å². The van der Waals surface area contributed by atoms with E-state index in [0.29, 0.717) is 42.0 Å². The van der Waals surface area contributed by atoms with E-state index in [0.717, 1.165) is 38.8 Å². The monoisotopic (exact) mass is 510 g/mol. The molecule has 1 aromatic rings. The van der Waals surface area contributed by atoms with Crippen LogP contribution in [-0.4, -0.2) is 95.4 Å². The Kier molecular flexibility index (Phi) is 6.72. The van der Waals surface area contributed by atoms with Crippen molar-refractivity contribution in [2.75, 3.05) is 44.7 Å². The predicted molar refractivity (Wildman–Crippen MR) is 130 cm³/mol. The summed E-state index contributed by atoms with van der Waals surface area (Å²) >= 11 is 12.0. The number of anilines is 1. The van der Waals surface area contributed by atoms with Gasteiger partial charge in [-0.05, 0) is 62.8 Å². The van der Waals surface area contributed by atoms with E-state index in [-0.39, 0.29) is 35.5 Å². The van der Waals surface area contributed by atoms with Crippen molar-refractivity contribution in [1.82, 2.24) is 14.7 Å². The standard InChI is InChI=1S/C24H32Cl2N4O4/c1-15-22(32)30-17(4-8-28-9-7-24(5-6-24)21(31)12-28)13-34-14-18(30)11-29(15)23(33)27-16-2-3-19(25)20(26)10-16/h2-3,10,15,17-18,21,31H,4-9,11-14H2,1H3,(H,27,33)/t15-,17-,18?,21+/m0/s1. The number of urea groups is 1. The molecule has 1 unspecified atom stereocenters. The topological polar surface area (TPSA) is 85.4 Å². The van der Waals surface area contributed by atoms with Crippen LogP contribution in [0.1, 0.15) is 32.6 Å². The minimum absolute atomic E-state index is 0.0251. The first kappa shape index (κ1) is 24.1. The fourth-order valence-corrected chi connectivity index (χ4v) is 5.94. The van der Waals surface area contributed by atoms with Crippen molar-refractivity contribution < 1.29 is 19.4 Å². The Morgan fingerprint density at radius 3 is 2.71 bits per heavy atom. The summed E-state index contributed by atoms with van der Waals surface area (Å²) in [5, 5.41) is 14.1. The lowest BCUT2D eigenvalue weighted by Crippen LogP contribution is -2.68. The molecule has 3 aliphatic heterocycles. The van der Waals surface area contributed by atoms with Crippen LogP contribution in [0, 0.1) is 5.41 Å². The number of carbonyl (C=O) groups is 2. The highest BCUT2D eigenvalue weighted by Crippen LogP contribution is 2.53. The summed E-state index contributed by atoms with van der Waals surface area (Å²) in [6.45, 7) is 5.64. The van der Waals surface area contributed by atoms with Crippen LogP contribution in [0.3, 0.4) is 0 Å². The van der Waals surface area contributed by atoms with Gasteiger partial charge in [-0.15, -0.1) is 0 Å². The fourth-order valence-electron chi connectivity index (χ4n) is 5.64. The number of aliphatic hydroxyl groups excluding tert-OH is 1. The third-order valence-corrected chi connectivity index (χ3v) is 8.80. The number of piperidine rings is 1. The number of fused-ring (bicyclic) bond motifs is 1. The van der Waals surface area contributed by atoms with Crippen molar-refractivity contribution in [3.05, 3.63) is 28.2 Å². The summed E-state index contributed by atoms with van der Waals surface area (Å²) in [6, 6.07) is 3.76. The van der Waals surface area contributed by atoms with Crippen LogP contribution < -0.4 is 5.32 Å². The summed E-state index contributed by atoms with van der Waals surface area (Å²) < 4.78 is 5.86. The third-order valence-electron chi connectivity index (χ3n) is 8.06. The van der Waals surface area contributed by atoms with E-state index in [1.165, 1.54) is 0 Å². The lowest BCUT2D eigenvalue weighted by Gasteiger charge is -2.50. The highest BCUT2D eigenvalue weighted by atomic mass is 35.5. The molecule has 0 bridgehead atoms. The van der Waals surface area contributed by atoms with Crippen molar-refractivity contribution in [1.29, 1.82) is 0 Å². The number of halogens is 2. The molecule has 1 saturated carbocycles. The van der Waals surface area contributed by atoms with Gasteiger partial charge in [-0.1, -0.05) is 23.2 Å². The number of likely N-dealkylation sites (tertiary alicyclic amines) is 1. The molecule has 5 rings (SSSR count). The van der Waals surface area contributed by atoms with Gasteiger partial charge in [-0.25, -0.2) is 4.79 Å². The molecule has 1 spiro atoms. The first-order valence-corrected chi connectivity index (χ1v) is 12.9. The van der Waals surface area contributed by atoms with Gasteiger partial charge < -0.3 is 29.9 Å². The van der Waals surface area contributed by atoms with E-state index in [1.54, 1.807) is 30.0 Å². The summed E-state index contributed by atoms with van der Waals surface area (Å²) in [6.07, 6.45) is 3.91. The van der Waals surface area contributed by atoms with Gasteiger partial charge in [-0.3, -0.25) is 4.79 Å². The van der Waals surface area contributed by atoms with Crippen LogP contribution in [0.4, 0.5) is 10.5 Å². The third kappa shape index (κ3) is 4.63. The van der Waals surface area contributed by atoms with Gasteiger partial charge in [0.25, 0.3) is 0 Å². The molecule has 2 N–H and O–H groups in total. The zero-order valence-electron chi connectivity index (χ0n) is 19.4. The summed E-state index contributed by atoms with van der Waals surface area (Å²) in [5.41, 5.74) is 0.714. The molecule has 4 atom stereocenters. The van der Waals surface area contributed by atoms with E-state index in [9.17, 15) is 14.7 Å². The van der Waals surface area contributed by atoms with E-state index < -0.39 is 6.04 Å². The molecule has 1 aromatic carbocycles.